The Morgan fingerprint density at radius 3 is 0.517 bits per heavy atom. The van der Waals surface area contributed by atoms with E-state index in [9.17, 15) is 0 Å². The maximum Gasteiger partial charge on any atom is 0.668 e. The van der Waals surface area contributed by atoms with Gasteiger partial charge in [0.2, 0.25) is 0 Å². The van der Waals surface area contributed by atoms with E-state index in [1.54, 1.807) is 36.4 Å². The van der Waals surface area contributed by atoms with Crippen molar-refractivity contribution < 1.29 is 49.8 Å². The third kappa shape index (κ3) is 14.3. The second-order valence-corrected chi connectivity index (χ2v) is 6.27. The molecule has 11 heteroatoms. The molecule has 3 rings (SSSR count). The quantitative estimate of drug-likeness (QED) is 0.180. The molecule has 0 amide bonds. The summed E-state index contributed by atoms with van der Waals surface area (Å²) in [7, 11) is -4.61. The van der Waals surface area contributed by atoms with E-state index >= 15 is 0 Å². The summed E-state index contributed by atoms with van der Waals surface area (Å²) in [6.07, 6.45) is 0. The van der Waals surface area contributed by atoms with E-state index in [0.717, 1.165) is 0 Å². The van der Waals surface area contributed by atoms with Crippen LogP contribution in [0.15, 0.2) is 72.8 Å². The Morgan fingerprint density at radius 1 is 0.345 bits per heavy atom. The molecule has 0 radical (unpaired) electrons. The minimum Gasteiger partial charge on any atom is -0.504 e. The molecule has 0 atom stereocenters. The first-order valence-electron chi connectivity index (χ1n) is 7.72. The summed E-state index contributed by atoms with van der Waals surface area (Å²) < 4.78 is 0. The maximum absolute atomic E-state index is 8.67. The smallest absolute Gasteiger partial charge is 0.504 e. The number of hydrogen-bond acceptors (Lipinski definition) is 10. The van der Waals surface area contributed by atoms with Gasteiger partial charge in [0, 0.05) is 0 Å². The summed E-state index contributed by atoms with van der Waals surface area (Å²) in [4.78, 5) is 29.3. The number of benzene rings is 3. The molecule has 0 heterocycles. The van der Waals surface area contributed by atoms with Crippen LogP contribution >= 0.6 is 0 Å². The highest BCUT2D eigenvalue weighted by Gasteiger charge is 2.22. The molecule has 0 saturated carbocycles. The molecule has 10 nitrogen and oxygen atoms in total. The highest BCUT2D eigenvalue weighted by atomic mass is 28.4. The Morgan fingerprint density at radius 2 is 0.448 bits per heavy atom. The molecule has 0 fully saturated rings. The molecule has 3 aromatic carbocycles. The van der Waals surface area contributed by atoms with Gasteiger partial charge in [0.15, 0.2) is 34.5 Å². The van der Waals surface area contributed by atoms with E-state index in [0.29, 0.717) is 0 Å². The van der Waals surface area contributed by atoms with Crippen LogP contribution in [-0.2, 0) is 0 Å². The molecule has 0 aliphatic carbocycles. The minimum absolute atomic E-state index is 0.0764. The lowest BCUT2D eigenvalue weighted by molar-refractivity contribution is 0.117. The minimum atomic E-state index is -4.61. The SMILES string of the molecule is O[Si](O)(O)O.Oc1ccccc1O.Oc1ccccc1O.Oc1ccccc1O. The summed E-state index contributed by atoms with van der Waals surface area (Å²) in [5.41, 5.74) is 0. The standard InChI is InChI=1S/3C6H6O2.H4O4Si/c3*7-5-3-1-2-4-6(5)8;1-5(2,3)4/h3*1-4,7-8H;1-4H. The fourth-order valence-electron chi connectivity index (χ4n) is 1.39. The zero-order valence-electron chi connectivity index (χ0n) is 14.9. The molecule has 158 valence electrons. The average molecular weight is 426 g/mol. The Balaban J connectivity index is 0.000000367. The lowest BCUT2D eigenvalue weighted by Gasteiger charge is -1.91. The van der Waals surface area contributed by atoms with E-state index in [1.165, 1.54) is 36.4 Å². The van der Waals surface area contributed by atoms with Crippen molar-refractivity contribution in [3.63, 3.8) is 0 Å². The van der Waals surface area contributed by atoms with Crippen LogP contribution in [0.5, 0.6) is 34.5 Å². The van der Waals surface area contributed by atoms with Gasteiger partial charge in [0.1, 0.15) is 0 Å². The summed E-state index contributed by atoms with van der Waals surface area (Å²) >= 11 is 0. The largest absolute Gasteiger partial charge is 0.668 e. The molecule has 0 aliphatic heterocycles. The predicted octanol–water partition coefficient (Wildman–Crippen LogP) is 0.685. The molecule has 0 spiro atoms. The molecular weight excluding hydrogens is 404 g/mol. The lowest BCUT2D eigenvalue weighted by atomic mass is 10.3. The zero-order valence-corrected chi connectivity index (χ0v) is 15.9. The van der Waals surface area contributed by atoms with Gasteiger partial charge in [0.25, 0.3) is 0 Å². The third-order valence-electron chi connectivity index (χ3n) is 2.65. The first kappa shape index (κ1) is 25.5. The molecule has 0 bridgehead atoms. The number of hydrogen-bond donors (Lipinski definition) is 10. The highest BCUT2D eigenvalue weighted by Crippen LogP contribution is 2.22. The normalized spacial score (nSPS) is 9.52. The van der Waals surface area contributed by atoms with E-state index < -0.39 is 9.05 Å². The Bertz CT molecular complexity index is 679. The van der Waals surface area contributed by atoms with Crippen molar-refractivity contribution in [2.24, 2.45) is 0 Å². The van der Waals surface area contributed by atoms with Gasteiger partial charge in [-0.25, -0.2) is 0 Å². The van der Waals surface area contributed by atoms with Crippen LogP contribution in [0.3, 0.4) is 0 Å². The van der Waals surface area contributed by atoms with Crippen LogP contribution in [0.2, 0.25) is 0 Å². The molecule has 3 aromatic rings. The van der Waals surface area contributed by atoms with Gasteiger partial charge in [-0.1, -0.05) is 36.4 Å². The maximum atomic E-state index is 8.67. The number of aromatic hydroxyl groups is 6. The Hall–Kier alpha value is -3.48. The molecular formula is C18H22O10Si. The number of phenolic OH excluding ortho intramolecular Hbond substituents is 6. The van der Waals surface area contributed by atoms with Crippen molar-refractivity contribution in [1.29, 1.82) is 0 Å². The van der Waals surface area contributed by atoms with E-state index in [4.69, 9.17) is 49.8 Å². The first-order chi connectivity index (χ1) is 13.4. The second kappa shape index (κ2) is 12.8. The van der Waals surface area contributed by atoms with Crippen LogP contribution in [0.25, 0.3) is 0 Å². The van der Waals surface area contributed by atoms with Gasteiger partial charge >= 0.3 is 9.05 Å². The number of rotatable bonds is 0. The van der Waals surface area contributed by atoms with Crippen molar-refractivity contribution in [3.05, 3.63) is 72.8 Å². The molecule has 0 unspecified atom stereocenters. The zero-order chi connectivity index (χ0) is 22.4. The van der Waals surface area contributed by atoms with Crippen LogP contribution in [-0.4, -0.2) is 58.9 Å². The first-order valence-corrected chi connectivity index (χ1v) is 9.51. The summed E-state index contributed by atoms with van der Waals surface area (Å²) in [6.45, 7) is 0. The monoisotopic (exact) mass is 426 g/mol. The van der Waals surface area contributed by atoms with Gasteiger partial charge in [-0.05, 0) is 36.4 Å². The molecule has 0 saturated heterocycles. The van der Waals surface area contributed by atoms with Gasteiger partial charge in [-0.3, -0.25) is 0 Å². The van der Waals surface area contributed by atoms with Crippen molar-refractivity contribution >= 4 is 9.05 Å². The summed E-state index contributed by atoms with van der Waals surface area (Å²) in [5, 5.41) is 52.0. The second-order valence-electron chi connectivity index (χ2n) is 5.07. The highest BCUT2D eigenvalue weighted by molar-refractivity contribution is 6.46. The van der Waals surface area contributed by atoms with E-state index in [1.807, 2.05) is 0 Å². The van der Waals surface area contributed by atoms with Crippen molar-refractivity contribution in [3.8, 4) is 34.5 Å². The van der Waals surface area contributed by atoms with Gasteiger partial charge in [-0.15, -0.1) is 0 Å². The number of para-hydroxylation sites is 6. The predicted molar refractivity (Wildman–Crippen MR) is 104 cm³/mol. The molecule has 0 aromatic heterocycles. The summed E-state index contributed by atoms with van der Waals surface area (Å²) in [5.74, 6) is -0.458. The van der Waals surface area contributed by atoms with Crippen LogP contribution < -0.4 is 0 Å². The summed E-state index contributed by atoms with van der Waals surface area (Å²) in [6, 6.07) is 18.4. The van der Waals surface area contributed by atoms with E-state index in [-0.39, 0.29) is 34.5 Å². The lowest BCUT2D eigenvalue weighted by Crippen LogP contribution is -2.33. The third-order valence-corrected chi connectivity index (χ3v) is 2.65. The van der Waals surface area contributed by atoms with Gasteiger partial charge < -0.3 is 49.8 Å². The molecule has 10 N–H and O–H groups in total. The fourth-order valence-corrected chi connectivity index (χ4v) is 1.39. The Labute approximate surface area is 166 Å². The van der Waals surface area contributed by atoms with Crippen LogP contribution in [0.4, 0.5) is 0 Å². The van der Waals surface area contributed by atoms with Gasteiger partial charge in [-0.2, -0.15) is 0 Å². The topological polar surface area (TPSA) is 202 Å². The van der Waals surface area contributed by atoms with Crippen molar-refractivity contribution in [2.45, 2.75) is 0 Å². The van der Waals surface area contributed by atoms with Crippen molar-refractivity contribution in [1.82, 2.24) is 0 Å². The van der Waals surface area contributed by atoms with Crippen molar-refractivity contribution in [2.75, 3.05) is 0 Å². The molecule has 0 aliphatic rings. The average Bonchev–Trinajstić information content (AvgIpc) is 2.62. The van der Waals surface area contributed by atoms with E-state index in [2.05, 4.69) is 0 Å². The van der Waals surface area contributed by atoms with Crippen LogP contribution in [0, 0.1) is 0 Å². The fraction of sp³-hybridized carbons (Fsp3) is 0. The van der Waals surface area contributed by atoms with Gasteiger partial charge in [0.05, 0.1) is 0 Å². The number of phenols is 6. The molecule has 29 heavy (non-hydrogen) atoms. The van der Waals surface area contributed by atoms with Crippen LogP contribution in [0.1, 0.15) is 0 Å². The Kier molecular flexibility index (Phi) is 11.3.